The molecule has 4 rings (SSSR count). The van der Waals surface area contributed by atoms with E-state index in [9.17, 15) is 4.79 Å². The number of hydrogen-bond acceptors (Lipinski definition) is 4. The van der Waals surface area contributed by atoms with Crippen LogP contribution in [0.3, 0.4) is 0 Å². The highest BCUT2D eigenvalue weighted by molar-refractivity contribution is 6.32. The lowest BCUT2D eigenvalue weighted by atomic mass is 10.1. The summed E-state index contributed by atoms with van der Waals surface area (Å²) in [5.41, 5.74) is 2.61. The van der Waals surface area contributed by atoms with E-state index in [2.05, 4.69) is 27.0 Å². The maximum Gasteiger partial charge on any atom is 0.251 e. The fourth-order valence-electron chi connectivity index (χ4n) is 2.99. The standard InChI is InChI=1S/C20H18ClN3O3/c1-13-22-5-6-24(13)11-15-4-2-3-14(7-15)10-23-20(25)16-8-17(21)19-18(9-16)26-12-27-19/h2-9H,10-12H2,1H3,(H,23,25). The zero-order chi connectivity index (χ0) is 18.8. The molecule has 0 saturated heterocycles. The number of amides is 1. The smallest absolute Gasteiger partial charge is 0.251 e. The van der Waals surface area contributed by atoms with E-state index in [1.54, 1.807) is 18.3 Å². The molecule has 1 N–H and O–H groups in total. The van der Waals surface area contributed by atoms with Gasteiger partial charge in [0.1, 0.15) is 5.82 Å². The number of halogens is 1. The number of aryl methyl sites for hydroxylation is 1. The van der Waals surface area contributed by atoms with Gasteiger partial charge in [-0.1, -0.05) is 35.9 Å². The predicted octanol–water partition coefficient (Wildman–Crippen LogP) is 3.55. The van der Waals surface area contributed by atoms with Crippen molar-refractivity contribution in [2.75, 3.05) is 6.79 Å². The maximum absolute atomic E-state index is 12.5. The second-order valence-electron chi connectivity index (χ2n) is 6.30. The largest absolute Gasteiger partial charge is 0.454 e. The van der Waals surface area contributed by atoms with E-state index < -0.39 is 0 Å². The number of imidazole rings is 1. The summed E-state index contributed by atoms with van der Waals surface area (Å²) in [5.74, 6) is 1.72. The van der Waals surface area contributed by atoms with Crippen LogP contribution in [-0.4, -0.2) is 22.3 Å². The fourth-order valence-corrected chi connectivity index (χ4v) is 3.25. The average molecular weight is 384 g/mol. The highest BCUT2D eigenvalue weighted by Gasteiger charge is 2.20. The van der Waals surface area contributed by atoms with Gasteiger partial charge in [0.15, 0.2) is 11.5 Å². The fraction of sp³-hybridized carbons (Fsp3) is 0.200. The Hall–Kier alpha value is -2.99. The zero-order valence-electron chi connectivity index (χ0n) is 14.7. The molecule has 0 spiro atoms. The second-order valence-corrected chi connectivity index (χ2v) is 6.70. The van der Waals surface area contributed by atoms with Crippen molar-refractivity contribution in [3.8, 4) is 11.5 Å². The Morgan fingerprint density at radius 1 is 1.26 bits per heavy atom. The van der Waals surface area contributed by atoms with Crippen LogP contribution < -0.4 is 14.8 Å². The molecule has 1 aliphatic heterocycles. The van der Waals surface area contributed by atoms with Crippen LogP contribution in [0.4, 0.5) is 0 Å². The third kappa shape index (κ3) is 3.75. The molecule has 2 heterocycles. The molecule has 0 radical (unpaired) electrons. The maximum atomic E-state index is 12.5. The van der Waals surface area contributed by atoms with Gasteiger partial charge in [0.2, 0.25) is 6.79 Å². The molecule has 27 heavy (non-hydrogen) atoms. The van der Waals surface area contributed by atoms with Gasteiger partial charge in [-0.3, -0.25) is 4.79 Å². The van der Waals surface area contributed by atoms with Crippen LogP contribution >= 0.6 is 11.6 Å². The van der Waals surface area contributed by atoms with Crippen molar-refractivity contribution in [3.05, 3.63) is 76.3 Å². The van der Waals surface area contributed by atoms with Crippen LogP contribution in [0, 0.1) is 6.92 Å². The summed E-state index contributed by atoms with van der Waals surface area (Å²) in [6.07, 6.45) is 3.74. The molecule has 3 aromatic rings. The molecule has 1 aromatic heterocycles. The van der Waals surface area contributed by atoms with Crippen molar-refractivity contribution >= 4 is 17.5 Å². The third-order valence-corrected chi connectivity index (χ3v) is 4.69. The zero-order valence-corrected chi connectivity index (χ0v) is 15.5. The topological polar surface area (TPSA) is 65.4 Å². The molecule has 1 aliphatic rings. The molecule has 6 nitrogen and oxygen atoms in total. The Kier molecular flexibility index (Phi) is 4.73. The first-order valence-corrected chi connectivity index (χ1v) is 8.91. The second kappa shape index (κ2) is 7.32. The Labute approximate surface area is 161 Å². The van der Waals surface area contributed by atoms with E-state index in [0.29, 0.717) is 28.6 Å². The van der Waals surface area contributed by atoms with Crippen molar-refractivity contribution in [2.45, 2.75) is 20.0 Å². The lowest BCUT2D eigenvalue weighted by Gasteiger charge is -2.10. The van der Waals surface area contributed by atoms with Crippen LogP contribution in [0.15, 0.2) is 48.8 Å². The number of carbonyl (C=O) groups excluding carboxylic acids is 1. The van der Waals surface area contributed by atoms with Crippen molar-refractivity contribution < 1.29 is 14.3 Å². The van der Waals surface area contributed by atoms with Crippen molar-refractivity contribution in [2.24, 2.45) is 0 Å². The minimum Gasteiger partial charge on any atom is -0.454 e. The minimum absolute atomic E-state index is 0.114. The SMILES string of the molecule is Cc1nccn1Cc1cccc(CNC(=O)c2cc(Cl)c3c(c2)OCO3)c1. The molecule has 138 valence electrons. The first-order valence-electron chi connectivity index (χ1n) is 8.53. The summed E-state index contributed by atoms with van der Waals surface area (Å²) in [6.45, 7) is 3.25. The quantitative estimate of drug-likeness (QED) is 0.731. The van der Waals surface area contributed by atoms with Gasteiger partial charge in [0, 0.05) is 31.0 Å². The molecular weight excluding hydrogens is 366 g/mol. The first-order chi connectivity index (χ1) is 13.1. The first kappa shape index (κ1) is 17.4. The number of benzene rings is 2. The van der Waals surface area contributed by atoms with Gasteiger partial charge in [-0.25, -0.2) is 4.98 Å². The van der Waals surface area contributed by atoms with Crippen LogP contribution in [0.25, 0.3) is 0 Å². The van der Waals surface area contributed by atoms with E-state index in [-0.39, 0.29) is 12.7 Å². The molecule has 1 amide bonds. The Bertz CT molecular complexity index is 1000. The number of nitrogens with one attached hydrogen (secondary N) is 1. The van der Waals surface area contributed by atoms with Crippen molar-refractivity contribution in [1.29, 1.82) is 0 Å². The number of fused-ring (bicyclic) bond motifs is 1. The number of carbonyl (C=O) groups is 1. The van der Waals surface area contributed by atoms with Crippen LogP contribution in [0.2, 0.25) is 5.02 Å². The van der Waals surface area contributed by atoms with Gasteiger partial charge < -0.3 is 19.4 Å². The van der Waals surface area contributed by atoms with Gasteiger partial charge in [-0.05, 0) is 30.2 Å². The number of ether oxygens (including phenoxy) is 2. The van der Waals surface area contributed by atoms with Gasteiger partial charge in [-0.15, -0.1) is 0 Å². The van der Waals surface area contributed by atoms with Gasteiger partial charge >= 0.3 is 0 Å². The lowest BCUT2D eigenvalue weighted by molar-refractivity contribution is 0.0950. The normalized spacial score (nSPS) is 12.2. The molecule has 0 unspecified atom stereocenters. The van der Waals surface area contributed by atoms with Gasteiger partial charge in [0.25, 0.3) is 5.91 Å². The summed E-state index contributed by atoms with van der Waals surface area (Å²) >= 11 is 6.14. The Morgan fingerprint density at radius 2 is 2.11 bits per heavy atom. The molecule has 0 saturated carbocycles. The summed E-state index contributed by atoms with van der Waals surface area (Å²) in [4.78, 5) is 16.7. The summed E-state index contributed by atoms with van der Waals surface area (Å²) < 4.78 is 12.7. The minimum atomic E-state index is -0.217. The van der Waals surface area contributed by atoms with Crippen LogP contribution in [-0.2, 0) is 13.1 Å². The third-order valence-electron chi connectivity index (χ3n) is 4.41. The number of nitrogens with zero attached hydrogens (tertiary/aromatic N) is 2. The molecule has 0 atom stereocenters. The van der Waals surface area contributed by atoms with Gasteiger partial charge in [0.05, 0.1) is 5.02 Å². The van der Waals surface area contributed by atoms with Crippen LogP contribution in [0.5, 0.6) is 11.5 Å². The van der Waals surface area contributed by atoms with E-state index in [1.807, 2.05) is 25.3 Å². The number of aromatic nitrogens is 2. The summed E-state index contributed by atoms with van der Waals surface area (Å²) in [7, 11) is 0. The predicted molar refractivity (Wildman–Crippen MR) is 101 cm³/mol. The van der Waals surface area contributed by atoms with E-state index in [1.165, 1.54) is 0 Å². The van der Waals surface area contributed by atoms with E-state index >= 15 is 0 Å². The van der Waals surface area contributed by atoms with E-state index in [0.717, 1.165) is 23.5 Å². The molecule has 0 fully saturated rings. The molecule has 7 heteroatoms. The average Bonchev–Trinajstić information content (AvgIpc) is 3.29. The van der Waals surface area contributed by atoms with E-state index in [4.69, 9.17) is 21.1 Å². The van der Waals surface area contributed by atoms with Crippen molar-refractivity contribution in [3.63, 3.8) is 0 Å². The number of rotatable bonds is 5. The summed E-state index contributed by atoms with van der Waals surface area (Å²) in [6, 6.07) is 11.3. The Balaban J connectivity index is 1.43. The molecule has 0 bridgehead atoms. The highest BCUT2D eigenvalue weighted by Crippen LogP contribution is 2.39. The van der Waals surface area contributed by atoms with Crippen LogP contribution in [0.1, 0.15) is 27.3 Å². The monoisotopic (exact) mass is 383 g/mol. The molecule has 2 aromatic carbocycles. The molecular formula is C20H18ClN3O3. The highest BCUT2D eigenvalue weighted by atomic mass is 35.5. The molecule has 0 aliphatic carbocycles. The lowest BCUT2D eigenvalue weighted by Crippen LogP contribution is -2.22. The summed E-state index contributed by atoms with van der Waals surface area (Å²) in [5, 5.41) is 3.29. The Morgan fingerprint density at radius 3 is 2.93 bits per heavy atom. The number of hydrogen-bond donors (Lipinski definition) is 1. The van der Waals surface area contributed by atoms with Gasteiger partial charge in [-0.2, -0.15) is 0 Å². The van der Waals surface area contributed by atoms with Crippen molar-refractivity contribution in [1.82, 2.24) is 14.9 Å².